The van der Waals surface area contributed by atoms with E-state index >= 15 is 0 Å². The molecule has 1 aliphatic heterocycles. The molecule has 1 fully saturated rings. The van der Waals surface area contributed by atoms with Crippen LogP contribution < -0.4 is 14.8 Å². The Morgan fingerprint density at radius 1 is 1.12 bits per heavy atom. The lowest BCUT2D eigenvalue weighted by Crippen LogP contribution is -2.63. The summed E-state index contributed by atoms with van der Waals surface area (Å²) in [7, 11) is 1.69. The first-order valence-electron chi connectivity index (χ1n) is 15.8. The number of carbonyl (C=O) groups is 1. The van der Waals surface area contributed by atoms with Gasteiger partial charge in [-0.3, -0.25) is 14.6 Å². The van der Waals surface area contributed by atoms with Gasteiger partial charge >= 0.3 is 0 Å². The Labute approximate surface area is 251 Å². The summed E-state index contributed by atoms with van der Waals surface area (Å²) < 4.78 is 33.6. The second-order valence-electron chi connectivity index (χ2n) is 12.5. The van der Waals surface area contributed by atoms with E-state index in [1.54, 1.807) is 7.11 Å². The highest BCUT2D eigenvalue weighted by Crippen LogP contribution is 2.33. The summed E-state index contributed by atoms with van der Waals surface area (Å²) in [5, 5.41) is 3.24. The Kier molecular flexibility index (Phi) is 10.2. The van der Waals surface area contributed by atoms with Gasteiger partial charge in [-0.05, 0) is 88.3 Å². The van der Waals surface area contributed by atoms with Crippen LogP contribution in [0, 0.1) is 13.8 Å². The van der Waals surface area contributed by atoms with E-state index in [-0.39, 0.29) is 18.1 Å². The second kappa shape index (κ2) is 14.0. The molecule has 1 aliphatic rings. The molecule has 7 nitrogen and oxygen atoms in total. The smallest absolute Gasteiger partial charge is 0.238 e. The molecule has 2 aromatic carbocycles. The van der Waals surface area contributed by atoms with Gasteiger partial charge in [0, 0.05) is 44.5 Å². The lowest BCUT2D eigenvalue weighted by atomic mass is 9.95. The molecule has 2 aromatic rings. The van der Waals surface area contributed by atoms with Crippen molar-refractivity contribution in [2.45, 2.75) is 85.8 Å². The number of aryl methyl sites for hydroxylation is 3. The van der Waals surface area contributed by atoms with Crippen LogP contribution in [0.1, 0.15) is 79.4 Å². The average molecular weight is 570 g/mol. The summed E-state index contributed by atoms with van der Waals surface area (Å²) in [5.74, 6) is 1.22. The van der Waals surface area contributed by atoms with Crippen LogP contribution in [0.25, 0.3) is 0 Å². The standard InChI is InChI=1S/C34H53N3O4/c1-11-27-14-13-15-28(24(3)4)32(27)35-31(38)20-36-16-17-37(33(7,8)21-36)22-34(9,39-10)23-41-30-19-26(6)25(5)18-29(30)40-12-2/h13-15,18-19,24H,11-12,16-17,20-23H2,1-10H3,(H,35,38)/i12D2. The highest BCUT2D eigenvalue weighted by atomic mass is 16.5. The molecule has 1 saturated heterocycles. The summed E-state index contributed by atoms with van der Waals surface area (Å²) in [6, 6.07) is 9.98. The second-order valence-corrected chi connectivity index (χ2v) is 12.5. The fourth-order valence-electron chi connectivity index (χ4n) is 5.52. The first-order valence-corrected chi connectivity index (χ1v) is 14.8. The number of rotatable bonds is 13. The molecule has 228 valence electrons. The topological polar surface area (TPSA) is 63.3 Å². The van der Waals surface area contributed by atoms with Gasteiger partial charge in [0.15, 0.2) is 11.5 Å². The number of piperazine rings is 1. The fourth-order valence-corrected chi connectivity index (χ4v) is 5.52. The van der Waals surface area contributed by atoms with Crippen molar-refractivity contribution in [2.75, 3.05) is 58.3 Å². The summed E-state index contributed by atoms with van der Waals surface area (Å²) in [6.45, 7) is 19.9. The van der Waals surface area contributed by atoms with Gasteiger partial charge in [0.1, 0.15) is 12.2 Å². The molecular formula is C34H53N3O4. The van der Waals surface area contributed by atoms with Gasteiger partial charge in [0.05, 0.1) is 15.8 Å². The van der Waals surface area contributed by atoms with E-state index in [0.29, 0.717) is 30.5 Å². The molecule has 0 spiro atoms. The number of carbonyl (C=O) groups excluding carboxylic acids is 1. The van der Waals surface area contributed by atoms with Crippen molar-refractivity contribution < 1.29 is 21.7 Å². The molecule has 7 heteroatoms. The predicted molar refractivity (Wildman–Crippen MR) is 169 cm³/mol. The SMILES string of the molecule is [2H]C([2H])(C)Oc1cc(C)c(C)cc1OCC(C)(CN1CCN(CC(=O)Nc2c(CC)cccc2C(C)C)CC1(C)C)OC. The Bertz CT molecular complexity index is 1260. The molecule has 1 amide bonds. The first-order chi connectivity index (χ1) is 20.0. The zero-order valence-electron chi connectivity index (χ0n) is 28.9. The van der Waals surface area contributed by atoms with E-state index in [4.69, 9.17) is 17.0 Å². The molecule has 41 heavy (non-hydrogen) atoms. The normalized spacial score (nSPS) is 18.4. The summed E-state index contributed by atoms with van der Waals surface area (Å²) in [5.41, 5.74) is 4.52. The predicted octanol–water partition coefficient (Wildman–Crippen LogP) is 6.21. The van der Waals surface area contributed by atoms with Crippen molar-refractivity contribution in [3.8, 4) is 11.5 Å². The number of nitrogens with zero attached hydrogens (tertiary/aromatic N) is 2. The molecule has 1 heterocycles. The molecule has 0 saturated carbocycles. The number of benzene rings is 2. The van der Waals surface area contributed by atoms with Gasteiger partial charge in [-0.1, -0.05) is 39.0 Å². The highest BCUT2D eigenvalue weighted by molar-refractivity contribution is 5.94. The van der Waals surface area contributed by atoms with Gasteiger partial charge in [0.25, 0.3) is 0 Å². The number of nitrogens with one attached hydrogen (secondary N) is 1. The van der Waals surface area contributed by atoms with E-state index in [0.717, 1.165) is 42.9 Å². The maximum atomic E-state index is 13.2. The first kappa shape index (κ1) is 29.9. The van der Waals surface area contributed by atoms with E-state index in [9.17, 15) is 4.79 Å². The largest absolute Gasteiger partial charge is 0.490 e. The van der Waals surface area contributed by atoms with Crippen LogP contribution in [0.4, 0.5) is 5.69 Å². The van der Waals surface area contributed by atoms with Gasteiger partial charge in [-0.15, -0.1) is 0 Å². The summed E-state index contributed by atoms with van der Waals surface area (Å²) >= 11 is 0. The average Bonchev–Trinajstić information content (AvgIpc) is 2.90. The minimum absolute atomic E-state index is 0.0186. The van der Waals surface area contributed by atoms with Crippen LogP contribution in [0.5, 0.6) is 11.5 Å². The van der Waals surface area contributed by atoms with Crippen molar-refractivity contribution in [2.24, 2.45) is 0 Å². The van der Waals surface area contributed by atoms with E-state index in [1.165, 1.54) is 18.1 Å². The van der Waals surface area contributed by atoms with Crippen LogP contribution in [0.2, 0.25) is 0 Å². The van der Waals surface area contributed by atoms with Crippen LogP contribution in [-0.2, 0) is 16.0 Å². The van der Waals surface area contributed by atoms with Crippen molar-refractivity contribution in [1.29, 1.82) is 0 Å². The molecule has 1 atom stereocenters. The Morgan fingerprint density at radius 2 is 1.78 bits per heavy atom. The molecule has 0 aliphatic carbocycles. The Morgan fingerprint density at radius 3 is 2.34 bits per heavy atom. The molecular weight excluding hydrogens is 514 g/mol. The van der Waals surface area contributed by atoms with Crippen LogP contribution in [-0.4, -0.2) is 79.8 Å². The van der Waals surface area contributed by atoms with Crippen LogP contribution >= 0.6 is 0 Å². The van der Waals surface area contributed by atoms with Crippen LogP contribution in [0.3, 0.4) is 0 Å². The monoisotopic (exact) mass is 569 g/mol. The van der Waals surface area contributed by atoms with Gasteiger partial charge in [-0.25, -0.2) is 0 Å². The maximum Gasteiger partial charge on any atom is 0.238 e. The van der Waals surface area contributed by atoms with Gasteiger partial charge < -0.3 is 19.5 Å². The van der Waals surface area contributed by atoms with E-state index in [1.807, 2.05) is 32.9 Å². The third-order valence-electron chi connectivity index (χ3n) is 8.29. The molecule has 0 aromatic heterocycles. The van der Waals surface area contributed by atoms with Crippen molar-refractivity contribution in [1.82, 2.24) is 9.80 Å². The zero-order valence-corrected chi connectivity index (χ0v) is 26.9. The number of para-hydroxylation sites is 1. The van der Waals surface area contributed by atoms with Crippen LogP contribution in [0.15, 0.2) is 30.3 Å². The molecule has 3 rings (SSSR count). The lowest BCUT2D eigenvalue weighted by molar-refractivity contribution is -0.120. The third kappa shape index (κ3) is 8.46. The summed E-state index contributed by atoms with van der Waals surface area (Å²) in [4.78, 5) is 17.9. The Balaban J connectivity index is 1.65. The van der Waals surface area contributed by atoms with Gasteiger partial charge in [0.2, 0.25) is 5.91 Å². The van der Waals surface area contributed by atoms with Crippen molar-refractivity contribution in [3.63, 3.8) is 0 Å². The molecule has 1 N–H and O–H groups in total. The number of methoxy groups -OCH3 is 1. The number of hydrogen-bond acceptors (Lipinski definition) is 6. The molecule has 1 unspecified atom stereocenters. The number of amides is 1. The van der Waals surface area contributed by atoms with E-state index < -0.39 is 12.2 Å². The van der Waals surface area contributed by atoms with Crippen molar-refractivity contribution >= 4 is 11.6 Å². The third-order valence-corrected chi connectivity index (χ3v) is 8.29. The quantitative estimate of drug-likeness (QED) is 0.310. The zero-order chi connectivity index (χ0) is 32.2. The maximum absolute atomic E-state index is 13.2. The highest BCUT2D eigenvalue weighted by Gasteiger charge is 2.39. The van der Waals surface area contributed by atoms with Gasteiger partial charge in [-0.2, -0.15) is 0 Å². The summed E-state index contributed by atoms with van der Waals surface area (Å²) in [6.07, 6.45) is 0.871. The Hall–Kier alpha value is -2.61. The lowest BCUT2D eigenvalue weighted by Gasteiger charge is -2.49. The van der Waals surface area contributed by atoms with Crippen molar-refractivity contribution in [3.05, 3.63) is 52.6 Å². The van der Waals surface area contributed by atoms with E-state index in [2.05, 4.69) is 67.9 Å². The fraction of sp³-hybridized carbons (Fsp3) is 0.618. The number of hydrogen-bond donors (Lipinski definition) is 1. The molecule has 0 bridgehead atoms. The number of anilines is 1. The number of ether oxygens (including phenoxy) is 3. The molecule has 0 radical (unpaired) electrons. The minimum atomic E-state index is -1.83. The minimum Gasteiger partial charge on any atom is -0.490 e.